The van der Waals surface area contributed by atoms with Gasteiger partial charge in [-0.25, -0.2) is 9.98 Å². The van der Waals surface area contributed by atoms with Gasteiger partial charge in [0.05, 0.1) is 0 Å². The maximum absolute atomic E-state index is 5.13. The van der Waals surface area contributed by atoms with Crippen molar-refractivity contribution < 1.29 is 0 Å². The minimum absolute atomic E-state index is 0.231. The Kier molecular flexibility index (Phi) is 4.59. The second kappa shape index (κ2) is 8.07. The Bertz CT molecular complexity index is 1650. The summed E-state index contributed by atoms with van der Waals surface area (Å²) in [6, 6.07) is 40.5. The highest BCUT2D eigenvalue weighted by molar-refractivity contribution is 6.14. The molecule has 1 aliphatic carbocycles. The second-order valence-electron chi connectivity index (χ2n) is 9.10. The number of aliphatic imine (C=N–C) groups is 2. The highest BCUT2D eigenvalue weighted by Crippen LogP contribution is 2.41. The van der Waals surface area contributed by atoms with Gasteiger partial charge < -0.3 is 5.32 Å². The molecule has 0 amide bonds. The van der Waals surface area contributed by atoms with Crippen LogP contribution >= 0.6 is 0 Å². The van der Waals surface area contributed by atoms with Crippen LogP contribution in [0, 0.1) is 0 Å². The number of hydrogen-bond donors (Lipinski definition) is 1. The van der Waals surface area contributed by atoms with Crippen molar-refractivity contribution in [3.05, 3.63) is 143 Å². The summed E-state index contributed by atoms with van der Waals surface area (Å²) in [6.07, 6.45) is 0.734. The first-order chi connectivity index (χ1) is 17.3. The zero-order valence-electron chi connectivity index (χ0n) is 19.1. The van der Waals surface area contributed by atoms with E-state index < -0.39 is 0 Å². The number of nitrogens with one attached hydrogen (secondary N) is 1. The molecule has 0 spiro atoms. The van der Waals surface area contributed by atoms with Crippen molar-refractivity contribution >= 4 is 22.4 Å². The van der Waals surface area contributed by atoms with E-state index >= 15 is 0 Å². The SMILES string of the molecule is c1ccc(C2=NC(c3cccc4c3-c3ccccc3C4)NC(c3ccc4ccccc4c3)=N2)cc1. The predicted octanol–water partition coefficient (Wildman–Crippen LogP) is 6.91. The third-order valence-electron chi connectivity index (χ3n) is 6.94. The Hall–Kier alpha value is -4.50. The number of hydrogen-bond acceptors (Lipinski definition) is 3. The van der Waals surface area contributed by atoms with Crippen LogP contribution in [0.15, 0.2) is 125 Å². The summed E-state index contributed by atoms with van der Waals surface area (Å²) in [5, 5.41) is 6.09. The number of fused-ring (bicyclic) bond motifs is 4. The fourth-order valence-electron chi connectivity index (χ4n) is 5.26. The van der Waals surface area contributed by atoms with Crippen molar-refractivity contribution in [1.29, 1.82) is 0 Å². The molecule has 166 valence electrons. The lowest BCUT2D eigenvalue weighted by Gasteiger charge is -2.25. The molecule has 7 rings (SSSR count). The molecule has 0 aromatic heterocycles. The van der Waals surface area contributed by atoms with E-state index in [4.69, 9.17) is 9.98 Å². The van der Waals surface area contributed by atoms with Crippen LogP contribution in [-0.2, 0) is 6.42 Å². The van der Waals surface area contributed by atoms with E-state index in [0.29, 0.717) is 0 Å². The minimum atomic E-state index is -0.231. The Morgan fingerprint density at radius 2 is 1.40 bits per heavy atom. The van der Waals surface area contributed by atoms with Crippen LogP contribution < -0.4 is 5.32 Å². The lowest BCUT2D eigenvalue weighted by Crippen LogP contribution is -2.33. The van der Waals surface area contributed by atoms with Crippen LogP contribution in [0.3, 0.4) is 0 Å². The first-order valence-electron chi connectivity index (χ1n) is 12.0. The van der Waals surface area contributed by atoms with Crippen LogP contribution in [0.2, 0.25) is 0 Å². The molecule has 0 fully saturated rings. The van der Waals surface area contributed by atoms with Gasteiger partial charge in [0.1, 0.15) is 12.0 Å². The van der Waals surface area contributed by atoms with Gasteiger partial charge >= 0.3 is 0 Å². The molecule has 1 N–H and O–H groups in total. The average molecular weight is 450 g/mol. The molecule has 5 aromatic carbocycles. The summed E-state index contributed by atoms with van der Waals surface area (Å²) in [6.45, 7) is 0. The molecule has 0 bridgehead atoms. The van der Waals surface area contributed by atoms with E-state index in [1.54, 1.807) is 0 Å². The monoisotopic (exact) mass is 449 g/mol. The van der Waals surface area contributed by atoms with Crippen LogP contribution in [0.4, 0.5) is 0 Å². The molecule has 1 unspecified atom stereocenters. The standard InChI is InChI=1S/C32H23N3/c1-2-10-22(11-3-1)30-33-31(26-18-17-21-9-4-5-12-23(21)19-26)35-32(34-30)28-16-8-14-25-20-24-13-6-7-15-27(24)29(25)28/h1-19,32H,20H2,(H,33,34,35). The molecular formula is C32H23N3. The number of rotatable bonds is 3. The Labute approximate surface area is 204 Å². The Morgan fingerprint density at radius 3 is 2.31 bits per heavy atom. The third-order valence-corrected chi connectivity index (χ3v) is 6.94. The molecule has 1 aliphatic heterocycles. The van der Waals surface area contributed by atoms with Crippen molar-refractivity contribution in [2.24, 2.45) is 9.98 Å². The van der Waals surface area contributed by atoms with Crippen molar-refractivity contribution in [3.63, 3.8) is 0 Å². The molecule has 35 heavy (non-hydrogen) atoms. The van der Waals surface area contributed by atoms with E-state index in [2.05, 4.69) is 102 Å². The lowest BCUT2D eigenvalue weighted by atomic mass is 9.97. The maximum Gasteiger partial charge on any atom is 0.159 e. The quantitative estimate of drug-likeness (QED) is 0.313. The summed E-state index contributed by atoms with van der Waals surface area (Å²) < 4.78 is 0. The minimum Gasteiger partial charge on any atom is -0.344 e. The number of nitrogens with zero attached hydrogens (tertiary/aromatic N) is 2. The van der Waals surface area contributed by atoms with Crippen LogP contribution in [0.5, 0.6) is 0 Å². The van der Waals surface area contributed by atoms with E-state index in [0.717, 1.165) is 29.2 Å². The van der Waals surface area contributed by atoms with Crippen LogP contribution in [0.1, 0.15) is 34.0 Å². The third kappa shape index (κ3) is 3.44. The molecule has 1 heterocycles. The Morgan fingerprint density at radius 1 is 0.629 bits per heavy atom. The summed E-state index contributed by atoms with van der Waals surface area (Å²) in [5.41, 5.74) is 8.62. The van der Waals surface area contributed by atoms with Gasteiger partial charge in [0.25, 0.3) is 0 Å². The van der Waals surface area contributed by atoms with Crippen molar-refractivity contribution in [2.75, 3.05) is 0 Å². The van der Waals surface area contributed by atoms with Gasteiger partial charge in [-0.2, -0.15) is 0 Å². The summed E-state index contributed by atoms with van der Waals surface area (Å²) >= 11 is 0. The molecule has 1 atom stereocenters. The van der Waals surface area contributed by atoms with E-state index in [1.807, 2.05) is 18.2 Å². The number of benzene rings is 5. The molecule has 0 saturated heterocycles. The average Bonchev–Trinajstić information content (AvgIpc) is 3.32. The molecule has 3 nitrogen and oxygen atoms in total. The number of amidine groups is 2. The maximum atomic E-state index is 5.13. The topological polar surface area (TPSA) is 36.8 Å². The van der Waals surface area contributed by atoms with E-state index in [9.17, 15) is 0 Å². The molecule has 2 aliphatic rings. The highest BCUT2D eigenvalue weighted by Gasteiger charge is 2.28. The Balaban J connectivity index is 1.38. The summed E-state index contributed by atoms with van der Waals surface area (Å²) in [5.74, 6) is 1.60. The highest BCUT2D eigenvalue weighted by atomic mass is 15.2. The second-order valence-corrected chi connectivity index (χ2v) is 9.10. The van der Waals surface area contributed by atoms with E-state index in [-0.39, 0.29) is 6.17 Å². The van der Waals surface area contributed by atoms with Crippen LogP contribution in [-0.4, -0.2) is 11.7 Å². The fourth-order valence-corrected chi connectivity index (χ4v) is 5.26. The molecular weight excluding hydrogens is 426 g/mol. The molecule has 5 aromatic rings. The first-order valence-corrected chi connectivity index (χ1v) is 12.0. The predicted molar refractivity (Wildman–Crippen MR) is 144 cm³/mol. The summed E-state index contributed by atoms with van der Waals surface area (Å²) in [7, 11) is 0. The van der Waals surface area contributed by atoms with Gasteiger partial charge in [-0.05, 0) is 45.5 Å². The van der Waals surface area contributed by atoms with Crippen LogP contribution in [0.25, 0.3) is 21.9 Å². The van der Waals surface area contributed by atoms with Gasteiger partial charge in [0, 0.05) is 16.7 Å². The van der Waals surface area contributed by atoms with Crippen molar-refractivity contribution in [2.45, 2.75) is 12.6 Å². The van der Waals surface area contributed by atoms with Gasteiger partial charge in [0.2, 0.25) is 0 Å². The fraction of sp³-hybridized carbons (Fsp3) is 0.0625. The smallest absolute Gasteiger partial charge is 0.159 e. The zero-order valence-corrected chi connectivity index (χ0v) is 19.1. The summed E-state index contributed by atoms with van der Waals surface area (Å²) in [4.78, 5) is 10.1. The molecule has 0 radical (unpaired) electrons. The van der Waals surface area contributed by atoms with Gasteiger partial charge in [-0.3, -0.25) is 0 Å². The van der Waals surface area contributed by atoms with Gasteiger partial charge in [0.15, 0.2) is 5.84 Å². The zero-order chi connectivity index (χ0) is 23.2. The lowest BCUT2D eigenvalue weighted by molar-refractivity contribution is 0.675. The van der Waals surface area contributed by atoms with Crippen molar-refractivity contribution in [1.82, 2.24) is 5.32 Å². The molecule has 3 heteroatoms. The molecule has 0 saturated carbocycles. The van der Waals surface area contributed by atoms with Gasteiger partial charge in [-0.15, -0.1) is 0 Å². The normalized spacial score (nSPS) is 16.2. The first kappa shape index (κ1) is 19.9. The van der Waals surface area contributed by atoms with Gasteiger partial charge in [-0.1, -0.05) is 109 Å². The largest absolute Gasteiger partial charge is 0.344 e. The van der Waals surface area contributed by atoms with Crippen molar-refractivity contribution in [3.8, 4) is 11.1 Å². The van der Waals surface area contributed by atoms with E-state index in [1.165, 1.54) is 38.6 Å².